The summed E-state index contributed by atoms with van der Waals surface area (Å²) >= 11 is 0. The first kappa shape index (κ1) is 18.4. The molecule has 1 N–H and O–H groups in total. The average molecular weight is 365 g/mol. The van der Waals surface area contributed by atoms with E-state index in [1.54, 1.807) is 12.1 Å². The summed E-state index contributed by atoms with van der Waals surface area (Å²) in [6, 6.07) is 17.3. The molecule has 2 aliphatic rings. The standard InChI is InChI=1S/C24H28FNO/c25-21-13-11-20(12-14-21)23-22-10-4-5-15-24(22,27)16-18-26(23)17-6-9-19-7-2-1-3-8-19/h1-3,6-9,11-14,22-23,27H,4-5,10,15-18H2/b9-6+. The van der Waals surface area contributed by atoms with Crippen LogP contribution in [0.1, 0.15) is 49.3 Å². The first-order valence-electron chi connectivity index (χ1n) is 10.1. The van der Waals surface area contributed by atoms with Crippen LogP contribution in [0, 0.1) is 11.7 Å². The minimum Gasteiger partial charge on any atom is -0.389 e. The van der Waals surface area contributed by atoms with E-state index in [0.29, 0.717) is 0 Å². The van der Waals surface area contributed by atoms with Gasteiger partial charge in [-0.2, -0.15) is 0 Å². The van der Waals surface area contributed by atoms with Crippen LogP contribution in [-0.4, -0.2) is 28.7 Å². The first-order valence-corrected chi connectivity index (χ1v) is 10.1. The predicted molar refractivity (Wildman–Crippen MR) is 108 cm³/mol. The van der Waals surface area contributed by atoms with Crippen molar-refractivity contribution in [1.29, 1.82) is 0 Å². The lowest BCUT2D eigenvalue weighted by Gasteiger charge is -2.52. The molecular formula is C24H28FNO. The highest BCUT2D eigenvalue weighted by atomic mass is 19.1. The molecule has 27 heavy (non-hydrogen) atoms. The number of hydrogen-bond acceptors (Lipinski definition) is 2. The van der Waals surface area contributed by atoms with E-state index in [-0.39, 0.29) is 17.8 Å². The third-order valence-electron chi connectivity index (χ3n) is 6.33. The molecule has 1 aliphatic heterocycles. The summed E-state index contributed by atoms with van der Waals surface area (Å²) in [5, 5.41) is 11.3. The Morgan fingerprint density at radius 2 is 1.81 bits per heavy atom. The van der Waals surface area contributed by atoms with Crippen molar-refractivity contribution in [3.05, 3.63) is 77.6 Å². The number of fused-ring (bicyclic) bond motifs is 1. The molecule has 3 heteroatoms. The molecule has 2 fully saturated rings. The molecule has 142 valence electrons. The lowest BCUT2D eigenvalue weighted by atomic mass is 9.66. The highest BCUT2D eigenvalue weighted by Crippen LogP contribution is 2.49. The summed E-state index contributed by atoms with van der Waals surface area (Å²) in [6.45, 7) is 1.71. The van der Waals surface area contributed by atoms with Crippen molar-refractivity contribution < 1.29 is 9.50 Å². The molecule has 4 rings (SSSR count). The molecule has 2 aromatic rings. The number of rotatable bonds is 4. The van der Waals surface area contributed by atoms with Gasteiger partial charge < -0.3 is 5.11 Å². The van der Waals surface area contributed by atoms with Crippen LogP contribution >= 0.6 is 0 Å². The second-order valence-corrected chi connectivity index (χ2v) is 8.01. The van der Waals surface area contributed by atoms with Gasteiger partial charge in [-0.3, -0.25) is 4.90 Å². The van der Waals surface area contributed by atoms with E-state index in [0.717, 1.165) is 44.3 Å². The molecule has 1 saturated carbocycles. The monoisotopic (exact) mass is 365 g/mol. The van der Waals surface area contributed by atoms with Gasteiger partial charge in [-0.05, 0) is 42.5 Å². The lowest BCUT2D eigenvalue weighted by molar-refractivity contribution is -0.122. The van der Waals surface area contributed by atoms with Crippen LogP contribution in [0.5, 0.6) is 0 Å². The van der Waals surface area contributed by atoms with Crippen LogP contribution in [-0.2, 0) is 0 Å². The Morgan fingerprint density at radius 3 is 2.59 bits per heavy atom. The van der Waals surface area contributed by atoms with E-state index < -0.39 is 5.60 Å². The van der Waals surface area contributed by atoms with E-state index in [9.17, 15) is 9.50 Å². The number of nitrogens with zero attached hydrogens (tertiary/aromatic N) is 1. The zero-order chi connectivity index (χ0) is 18.7. The second-order valence-electron chi connectivity index (χ2n) is 8.01. The molecule has 3 unspecified atom stereocenters. The minimum atomic E-state index is -0.572. The van der Waals surface area contributed by atoms with Gasteiger partial charge in [0.1, 0.15) is 5.82 Å². The number of halogens is 1. The minimum absolute atomic E-state index is 0.144. The Labute approximate surface area is 161 Å². The number of piperidine rings is 1. The largest absolute Gasteiger partial charge is 0.389 e. The van der Waals surface area contributed by atoms with Crippen LogP contribution in [0.2, 0.25) is 0 Å². The van der Waals surface area contributed by atoms with Crippen molar-refractivity contribution in [2.45, 2.75) is 43.7 Å². The number of aliphatic hydroxyl groups is 1. The van der Waals surface area contributed by atoms with Crippen LogP contribution in [0.25, 0.3) is 6.08 Å². The van der Waals surface area contributed by atoms with Crippen LogP contribution in [0.15, 0.2) is 60.7 Å². The molecule has 0 amide bonds. The summed E-state index contributed by atoms with van der Waals surface area (Å²) in [5.74, 6) is 0.0135. The van der Waals surface area contributed by atoms with Crippen molar-refractivity contribution in [2.24, 2.45) is 5.92 Å². The van der Waals surface area contributed by atoms with Gasteiger partial charge in [0.05, 0.1) is 5.60 Å². The third kappa shape index (κ3) is 3.99. The average Bonchev–Trinajstić information content (AvgIpc) is 2.69. The van der Waals surface area contributed by atoms with Crippen molar-refractivity contribution >= 4 is 6.08 Å². The molecule has 0 radical (unpaired) electrons. The highest BCUT2D eigenvalue weighted by molar-refractivity contribution is 5.48. The van der Waals surface area contributed by atoms with Gasteiger partial charge in [0, 0.05) is 25.0 Å². The molecule has 0 aromatic heterocycles. The van der Waals surface area contributed by atoms with E-state index in [2.05, 4.69) is 29.2 Å². The Kier molecular flexibility index (Phi) is 5.42. The van der Waals surface area contributed by atoms with Gasteiger partial charge in [0.2, 0.25) is 0 Å². The van der Waals surface area contributed by atoms with E-state index in [4.69, 9.17) is 0 Å². The summed E-state index contributed by atoms with van der Waals surface area (Å²) in [5.41, 5.74) is 1.74. The Morgan fingerprint density at radius 1 is 1.04 bits per heavy atom. The topological polar surface area (TPSA) is 23.5 Å². The van der Waals surface area contributed by atoms with E-state index >= 15 is 0 Å². The SMILES string of the molecule is OC12CCCCC1C(c1ccc(F)cc1)N(C/C=C/c1ccccc1)CC2. The molecule has 1 heterocycles. The summed E-state index contributed by atoms with van der Waals surface area (Å²) in [7, 11) is 0. The summed E-state index contributed by atoms with van der Waals surface area (Å²) < 4.78 is 13.5. The second kappa shape index (κ2) is 7.95. The van der Waals surface area contributed by atoms with Crippen LogP contribution in [0.4, 0.5) is 4.39 Å². The van der Waals surface area contributed by atoms with Crippen LogP contribution in [0.3, 0.4) is 0 Å². The van der Waals surface area contributed by atoms with Gasteiger partial charge >= 0.3 is 0 Å². The summed E-state index contributed by atoms with van der Waals surface area (Å²) in [6.07, 6.45) is 9.40. The van der Waals surface area contributed by atoms with E-state index in [1.807, 2.05) is 30.3 Å². The number of benzene rings is 2. The molecule has 0 bridgehead atoms. The molecule has 2 nitrogen and oxygen atoms in total. The molecule has 0 spiro atoms. The number of hydrogen-bond donors (Lipinski definition) is 1. The fraction of sp³-hybridized carbons (Fsp3) is 0.417. The highest BCUT2D eigenvalue weighted by Gasteiger charge is 2.48. The predicted octanol–water partition coefficient (Wildman–Crippen LogP) is 5.21. The molecule has 3 atom stereocenters. The van der Waals surface area contributed by atoms with Gasteiger partial charge in [-0.1, -0.05) is 67.5 Å². The zero-order valence-corrected chi connectivity index (χ0v) is 15.7. The Hall–Kier alpha value is -1.97. The smallest absolute Gasteiger partial charge is 0.123 e. The maximum atomic E-state index is 13.5. The Balaban J connectivity index is 1.58. The van der Waals surface area contributed by atoms with Gasteiger partial charge in [-0.15, -0.1) is 0 Å². The molecule has 1 saturated heterocycles. The van der Waals surface area contributed by atoms with Crippen molar-refractivity contribution in [1.82, 2.24) is 4.90 Å². The molecule has 2 aromatic carbocycles. The summed E-state index contributed by atoms with van der Waals surface area (Å²) in [4.78, 5) is 2.46. The fourth-order valence-electron chi connectivity index (χ4n) is 4.94. The molecule has 1 aliphatic carbocycles. The first-order chi connectivity index (χ1) is 13.2. The quantitative estimate of drug-likeness (QED) is 0.804. The van der Waals surface area contributed by atoms with Gasteiger partial charge in [0.15, 0.2) is 0 Å². The van der Waals surface area contributed by atoms with E-state index in [1.165, 1.54) is 12.0 Å². The fourth-order valence-corrected chi connectivity index (χ4v) is 4.94. The van der Waals surface area contributed by atoms with Crippen molar-refractivity contribution in [3.63, 3.8) is 0 Å². The number of likely N-dealkylation sites (tertiary alicyclic amines) is 1. The van der Waals surface area contributed by atoms with Crippen molar-refractivity contribution in [2.75, 3.05) is 13.1 Å². The lowest BCUT2D eigenvalue weighted by Crippen LogP contribution is -2.54. The van der Waals surface area contributed by atoms with Gasteiger partial charge in [-0.25, -0.2) is 4.39 Å². The maximum Gasteiger partial charge on any atom is 0.123 e. The van der Waals surface area contributed by atoms with Gasteiger partial charge in [0.25, 0.3) is 0 Å². The zero-order valence-electron chi connectivity index (χ0n) is 15.7. The Bertz CT molecular complexity index is 773. The maximum absolute atomic E-state index is 13.5. The van der Waals surface area contributed by atoms with Crippen molar-refractivity contribution in [3.8, 4) is 0 Å². The molecular weight excluding hydrogens is 337 g/mol. The normalized spacial score (nSPS) is 29.0. The third-order valence-corrected chi connectivity index (χ3v) is 6.33. The van der Waals surface area contributed by atoms with Crippen LogP contribution < -0.4 is 0 Å².